The van der Waals surface area contributed by atoms with Crippen molar-refractivity contribution in [2.75, 3.05) is 20.8 Å². The molecule has 4 rings (SSSR count). The number of fused-ring (bicyclic) bond motifs is 1. The van der Waals surface area contributed by atoms with Crippen LogP contribution in [0.4, 0.5) is 0 Å². The summed E-state index contributed by atoms with van der Waals surface area (Å²) >= 11 is 1.55. The Morgan fingerprint density at radius 1 is 1.13 bits per heavy atom. The average molecular weight is 421 g/mol. The minimum absolute atomic E-state index is 0.677. The van der Waals surface area contributed by atoms with Crippen molar-refractivity contribution in [2.45, 2.75) is 13.8 Å². The van der Waals surface area contributed by atoms with Crippen LogP contribution in [0.3, 0.4) is 0 Å². The molecule has 1 N–H and O–H groups in total. The number of ether oxygens (including phenoxy) is 2. The van der Waals surface area contributed by atoms with Gasteiger partial charge in [-0.2, -0.15) is 5.10 Å². The molecule has 0 aliphatic heterocycles. The number of nitrogens with one attached hydrogen (secondary N) is 1. The van der Waals surface area contributed by atoms with Crippen LogP contribution in [-0.2, 0) is 0 Å². The Morgan fingerprint density at radius 2 is 1.97 bits per heavy atom. The van der Waals surface area contributed by atoms with E-state index in [0.29, 0.717) is 6.54 Å². The van der Waals surface area contributed by atoms with Crippen LogP contribution in [0.1, 0.15) is 18.2 Å². The molecule has 0 fully saturated rings. The maximum absolute atomic E-state index is 5.60. The highest BCUT2D eigenvalue weighted by atomic mass is 32.1. The molecule has 0 saturated heterocycles. The SMILES string of the molecule is CCN=c1scc(-c2cc(OC)ccc2OC)n1N=Cc1c(C)[nH]c2ccccc12. The molecule has 6 nitrogen and oxygen atoms in total. The molecular weight excluding hydrogens is 396 g/mol. The Morgan fingerprint density at radius 3 is 2.73 bits per heavy atom. The van der Waals surface area contributed by atoms with Gasteiger partial charge in [0.2, 0.25) is 4.80 Å². The lowest BCUT2D eigenvalue weighted by Crippen LogP contribution is -2.12. The van der Waals surface area contributed by atoms with E-state index in [-0.39, 0.29) is 0 Å². The van der Waals surface area contributed by atoms with Crippen LogP contribution in [0.15, 0.2) is 57.9 Å². The van der Waals surface area contributed by atoms with E-state index in [2.05, 4.69) is 29.0 Å². The number of thiazole rings is 1. The Hall–Kier alpha value is -3.32. The smallest absolute Gasteiger partial charge is 0.206 e. The van der Waals surface area contributed by atoms with Crippen LogP contribution in [0.2, 0.25) is 0 Å². The number of rotatable bonds is 6. The molecule has 0 amide bonds. The van der Waals surface area contributed by atoms with Gasteiger partial charge in [0.1, 0.15) is 11.5 Å². The van der Waals surface area contributed by atoms with Crippen LogP contribution in [0.25, 0.3) is 22.2 Å². The summed E-state index contributed by atoms with van der Waals surface area (Å²) in [5.74, 6) is 1.51. The number of benzene rings is 2. The van der Waals surface area contributed by atoms with E-state index in [0.717, 1.165) is 49.7 Å². The van der Waals surface area contributed by atoms with Gasteiger partial charge in [-0.15, -0.1) is 11.3 Å². The van der Waals surface area contributed by atoms with Crippen molar-refractivity contribution in [3.63, 3.8) is 0 Å². The van der Waals surface area contributed by atoms with E-state index in [9.17, 15) is 0 Å². The first-order valence-electron chi connectivity index (χ1n) is 9.71. The first-order valence-corrected chi connectivity index (χ1v) is 10.6. The lowest BCUT2D eigenvalue weighted by atomic mass is 10.1. The van der Waals surface area contributed by atoms with Gasteiger partial charge >= 0.3 is 0 Å². The molecule has 0 atom stereocenters. The summed E-state index contributed by atoms with van der Waals surface area (Å²) in [7, 11) is 3.32. The number of hydrogen-bond acceptors (Lipinski definition) is 5. The molecule has 4 aromatic rings. The Bertz CT molecular complexity index is 1280. The van der Waals surface area contributed by atoms with E-state index < -0.39 is 0 Å². The molecule has 0 unspecified atom stereocenters. The maximum Gasteiger partial charge on any atom is 0.206 e. The Labute approximate surface area is 179 Å². The third-order valence-electron chi connectivity index (χ3n) is 4.91. The second kappa shape index (κ2) is 8.59. The molecule has 7 heteroatoms. The Balaban J connectivity index is 1.88. The zero-order valence-electron chi connectivity index (χ0n) is 17.5. The lowest BCUT2D eigenvalue weighted by Gasteiger charge is -2.11. The van der Waals surface area contributed by atoms with E-state index in [1.54, 1.807) is 25.6 Å². The summed E-state index contributed by atoms with van der Waals surface area (Å²) in [5.41, 5.74) is 5.04. The predicted octanol–water partition coefficient (Wildman–Crippen LogP) is 4.83. The van der Waals surface area contributed by atoms with Crippen molar-refractivity contribution in [1.29, 1.82) is 0 Å². The first-order chi connectivity index (χ1) is 14.7. The minimum atomic E-state index is 0.677. The van der Waals surface area contributed by atoms with E-state index >= 15 is 0 Å². The summed E-state index contributed by atoms with van der Waals surface area (Å²) in [6.07, 6.45) is 1.89. The molecule has 2 aromatic heterocycles. The fraction of sp³-hybridized carbons (Fsp3) is 0.217. The van der Waals surface area contributed by atoms with Gasteiger partial charge in [0.05, 0.1) is 26.1 Å². The highest BCUT2D eigenvalue weighted by molar-refractivity contribution is 7.07. The highest BCUT2D eigenvalue weighted by Gasteiger charge is 2.14. The van der Waals surface area contributed by atoms with Gasteiger partial charge in [-0.05, 0) is 38.1 Å². The van der Waals surface area contributed by atoms with Crippen LogP contribution in [0.5, 0.6) is 11.5 Å². The largest absolute Gasteiger partial charge is 0.497 e. The summed E-state index contributed by atoms with van der Waals surface area (Å²) in [4.78, 5) is 8.87. The van der Waals surface area contributed by atoms with Crippen molar-refractivity contribution in [3.05, 3.63) is 63.9 Å². The summed E-state index contributed by atoms with van der Waals surface area (Å²) < 4.78 is 12.9. The van der Waals surface area contributed by atoms with Gasteiger partial charge in [0.25, 0.3) is 0 Å². The summed E-state index contributed by atoms with van der Waals surface area (Å²) in [6.45, 7) is 4.75. The molecule has 2 heterocycles. The number of nitrogens with zero attached hydrogens (tertiary/aromatic N) is 3. The van der Waals surface area contributed by atoms with Crippen molar-refractivity contribution >= 4 is 28.5 Å². The molecule has 0 spiro atoms. The zero-order valence-corrected chi connectivity index (χ0v) is 18.3. The van der Waals surface area contributed by atoms with Gasteiger partial charge in [-0.1, -0.05) is 18.2 Å². The maximum atomic E-state index is 5.60. The van der Waals surface area contributed by atoms with Crippen LogP contribution in [-0.4, -0.2) is 36.6 Å². The van der Waals surface area contributed by atoms with E-state index in [1.165, 1.54) is 0 Å². The minimum Gasteiger partial charge on any atom is -0.497 e. The molecule has 0 aliphatic carbocycles. The lowest BCUT2D eigenvalue weighted by molar-refractivity contribution is 0.404. The third-order valence-corrected chi connectivity index (χ3v) is 5.76. The normalized spacial score (nSPS) is 12.2. The number of para-hydroxylation sites is 1. The van der Waals surface area contributed by atoms with E-state index in [1.807, 2.05) is 53.5 Å². The van der Waals surface area contributed by atoms with Gasteiger partial charge in [-0.25, -0.2) is 4.68 Å². The van der Waals surface area contributed by atoms with E-state index in [4.69, 9.17) is 14.6 Å². The van der Waals surface area contributed by atoms with Crippen molar-refractivity contribution in [1.82, 2.24) is 9.66 Å². The van der Waals surface area contributed by atoms with Gasteiger partial charge < -0.3 is 14.5 Å². The standard InChI is InChI=1S/C23H24N4O2S/c1-5-24-23-27(25-13-19-15(2)26-20-9-7-6-8-17(19)20)21(14-30-23)18-12-16(28-3)10-11-22(18)29-4/h6-14,26H,5H2,1-4H3. The molecule has 2 aromatic carbocycles. The van der Waals surface area contributed by atoms with Crippen LogP contribution < -0.4 is 14.3 Å². The second-order valence-corrected chi connectivity index (χ2v) is 7.55. The fourth-order valence-electron chi connectivity index (χ4n) is 3.43. The molecule has 154 valence electrons. The number of H-pyrrole nitrogens is 1. The van der Waals surface area contributed by atoms with Gasteiger partial charge in [-0.3, -0.25) is 4.99 Å². The zero-order chi connectivity index (χ0) is 21.1. The molecule has 0 aliphatic rings. The number of methoxy groups -OCH3 is 2. The van der Waals surface area contributed by atoms with Crippen LogP contribution >= 0.6 is 11.3 Å². The van der Waals surface area contributed by atoms with Crippen molar-refractivity contribution < 1.29 is 9.47 Å². The Kier molecular flexibility index (Phi) is 5.72. The number of aryl methyl sites for hydroxylation is 1. The highest BCUT2D eigenvalue weighted by Crippen LogP contribution is 2.33. The monoisotopic (exact) mass is 420 g/mol. The van der Waals surface area contributed by atoms with Gasteiger partial charge in [0.15, 0.2) is 0 Å². The fourth-order valence-corrected chi connectivity index (χ4v) is 4.33. The van der Waals surface area contributed by atoms with Crippen molar-refractivity contribution in [2.24, 2.45) is 10.1 Å². The second-order valence-electron chi connectivity index (χ2n) is 6.71. The van der Waals surface area contributed by atoms with Crippen molar-refractivity contribution in [3.8, 4) is 22.8 Å². The molecule has 0 radical (unpaired) electrons. The number of hydrogen-bond donors (Lipinski definition) is 1. The molecule has 0 saturated carbocycles. The summed E-state index contributed by atoms with van der Waals surface area (Å²) in [6, 6.07) is 14.0. The predicted molar refractivity (Wildman–Crippen MR) is 123 cm³/mol. The molecule has 30 heavy (non-hydrogen) atoms. The topological polar surface area (TPSA) is 63.9 Å². The molecular formula is C23H24N4O2S. The van der Waals surface area contributed by atoms with Crippen LogP contribution in [0, 0.1) is 6.92 Å². The third kappa shape index (κ3) is 3.64. The number of aromatic amines is 1. The molecule has 0 bridgehead atoms. The first kappa shape index (κ1) is 20.0. The summed E-state index contributed by atoms with van der Waals surface area (Å²) in [5, 5.41) is 8.03. The average Bonchev–Trinajstić information content (AvgIpc) is 3.31. The number of aromatic nitrogens is 2. The van der Waals surface area contributed by atoms with Gasteiger partial charge in [0, 0.05) is 39.6 Å². The quantitative estimate of drug-likeness (QED) is 0.454.